The molecule has 148 valence electrons. The van der Waals surface area contributed by atoms with Crippen LogP contribution in [0, 0.1) is 11.2 Å². The van der Waals surface area contributed by atoms with Crippen molar-refractivity contribution in [1.29, 1.82) is 0 Å². The van der Waals surface area contributed by atoms with Gasteiger partial charge in [-0.25, -0.2) is 4.39 Å². The molecule has 1 aromatic heterocycles. The molecular formula is C21H21ClFNO4. The maximum Gasteiger partial charge on any atom is 0.258 e. The van der Waals surface area contributed by atoms with Crippen molar-refractivity contribution in [2.45, 2.75) is 44.6 Å². The normalized spacial score (nSPS) is 24.8. The van der Waals surface area contributed by atoms with Gasteiger partial charge in [-0.15, -0.1) is 0 Å². The molecule has 0 unspecified atom stereocenters. The molecule has 1 amide bonds. The third-order valence-electron chi connectivity index (χ3n) is 5.63. The number of carbonyl (C=O) groups excluding carboxylic acids is 2. The molecule has 2 aromatic rings. The van der Waals surface area contributed by atoms with Crippen molar-refractivity contribution in [3.05, 3.63) is 52.7 Å². The topological polar surface area (TPSA) is 68.5 Å². The summed E-state index contributed by atoms with van der Waals surface area (Å²) in [5.41, 5.74) is -0.257. The number of ether oxygens (including phenoxy) is 1. The van der Waals surface area contributed by atoms with Gasteiger partial charge in [-0.2, -0.15) is 0 Å². The second-order valence-electron chi connectivity index (χ2n) is 7.94. The van der Waals surface area contributed by atoms with E-state index in [0.29, 0.717) is 12.2 Å². The number of hydrogen-bond acceptors (Lipinski definition) is 4. The van der Waals surface area contributed by atoms with Crippen LogP contribution in [0.25, 0.3) is 0 Å². The van der Waals surface area contributed by atoms with Crippen molar-refractivity contribution >= 4 is 23.3 Å². The first-order chi connectivity index (χ1) is 13.3. The van der Waals surface area contributed by atoms with Gasteiger partial charge in [0.25, 0.3) is 5.91 Å². The van der Waals surface area contributed by atoms with Gasteiger partial charge in [-0.1, -0.05) is 18.5 Å². The molecular weight excluding hydrogens is 385 g/mol. The molecule has 3 saturated carbocycles. The van der Waals surface area contributed by atoms with Crippen LogP contribution in [0.1, 0.15) is 48.9 Å². The lowest BCUT2D eigenvalue weighted by Crippen LogP contribution is -2.75. The Morgan fingerprint density at radius 3 is 2.64 bits per heavy atom. The van der Waals surface area contributed by atoms with Crippen molar-refractivity contribution in [1.82, 2.24) is 5.32 Å². The highest BCUT2D eigenvalue weighted by Gasteiger charge is 2.68. The molecule has 3 aliphatic rings. The average molecular weight is 406 g/mol. The third-order valence-corrected chi connectivity index (χ3v) is 5.93. The molecule has 1 N–H and O–H groups in total. The van der Waals surface area contributed by atoms with Crippen LogP contribution in [-0.2, 0) is 11.2 Å². The SMILES string of the molecule is CCc1ccc(C(=O)CC23CC(NC(=O)COc4ccc(Cl)c(F)c4)(C2)C3)o1. The highest BCUT2D eigenvalue weighted by molar-refractivity contribution is 6.30. The number of halogens is 2. The van der Waals surface area contributed by atoms with Crippen LogP contribution in [-0.4, -0.2) is 23.8 Å². The van der Waals surface area contributed by atoms with E-state index in [1.165, 1.54) is 12.1 Å². The number of furan rings is 1. The van der Waals surface area contributed by atoms with E-state index in [-0.39, 0.29) is 40.0 Å². The summed E-state index contributed by atoms with van der Waals surface area (Å²) in [6.45, 7) is 1.79. The minimum Gasteiger partial charge on any atom is -0.484 e. The van der Waals surface area contributed by atoms with E-state index in [4.69, 9.17) is 20.8 Å². The minimum absolute atomic E-state index is 0.00554. The Balaban J connectivity index is 1.23. The summed E-state index contributed by atoms with van der Waals surface area (Å²) in [7, 11) is 0. The standard InChI is InChI=1S/C21H21ClFNO4/c1-2-13-4-6-18(28-13)17(25)8-20-10-21(11-20,12-20)24-19(26)9-27-14-3-5-15(22)16(23)7-14/h3-7H,2,8-12H2,1H3,(H,24,26). The number of Topliss-reactive ketones (excluding diaryl/α,β-unsaturated/α-hetero) is 1. The summed E-state index contributed by atoms with van der Waals surface area (Å²) in [5, 5.41) is 2.99. The monoisotopic (exact) mass is 405 g/mol. The van der Waals surface area contributed by atoms with E-state index in [1.807, 2.05) is 13.0 Å². The maximum atomic E-state index is 13.4. The molecule has 1 aromatic carbocycles. The number of benzene rings is 1. The zero-order chi connectivity index (χ0) is 19.9. The van der Waals surface area contributed by atoms with E-state index in [1.54, 1.807) is 6.07 Å². The maximum absolute atomic E-state index is 13.4. The molecule has 7 heteroatoms. The van der Waals surface area contributed by atoms with Gasteiger partial charge in [0.05, 0.1) is 5.02 Å². The van der Waals surface area contributed by atoms with Crippen molar-refractivity contribution in [2.75, 3.05) is 6.61 Å². The van der Waals surface area contributed by atoms with Gasteiger partial charge < -0.3 is 14.5 Å². The predicted molar refractivity (Wildman–Crippen MR) is 101 cm³/mol. The molecule has 0 radical (unpaired) electrons. The van der Waals surface area contributed by atoms with Crippen LogP contribution in [0.3, 0.4) is 0 Å². The number of hydrogen-bond donors (Lipinski definition) is 1. The summed E-state index contributed by atoms with van der Waals surface area (Å²) in [5.74, 6) is 0.657. The van der Waals surface area contributed by atoms with Gasteiger partial charge in [0.1, 0.15) is 17.3 Å². The van der Waals surface area contributed by atoms with Gasteiger partial charge in [0.2, 0.25) is 0 Å². The lowest BCUT2D eigenvalue weighted by molar-refractivity contribution is -0.164. The zero-order valence-corrected chi connectivity index (χ0v) is 16.3. The molecule has 0 spiro atoms. The molecule has 0 atom stereocenters. The van der Waals surface area contributed by atoms with Crippen molar-refractivity contribution in [3.63, 3.8) is 0 Å². The lowest BCUT2D eigenvalue weighted by atomic mass is 9.38. The number of carbonyl (C=O) groups is 2. The fourth-order valence-electron chi connectivity index (χ4n) is 4.51. The molecule has 28 heavy (non-hydrogen) atoms. The van der Waals surface area contributed by atoms with Crippen LogP contribution >= 0.6 is 11.6 Å². The summed E-state index contributed by atoms with van der Waals surface area (Å²) in [4.78, 5) is 24.6. The summed E-state index contributed by atoms with van der Waals surface area (Å²) < 4.78 is 24.2. The number of aryl methyl sites for hydroxylation is 1. The highest BCUT2D eigenvalue weighted by Crippen LogP contribution is 2.69. The first-order valence-electron chi connectivity index (χ1n) is 9.33. The Labute approximate surface area is 167 Å². The van der Waals surface area contributed by atoms with E-state index >= 15 is 0 Å². The van der Waals surface area contributed by atoms with Gasteiger partial charge in [0.15, 0.2) is 18.2 Å². The number of rotatable bonds is 8. The van der Waals surface area contributed by atoms with E-state index in [2.05, 4.69) is 5.32 Å². The zero-order valence-electron chi connectivity index (χ0n) is 15.5. The Morgan fingerprint density at radius 1 is 1.25 bits per heavy atom. The van der Waals surface area contributed by atoms with Crippen molar-refractivity contribution < 1.29 is 23.1 Å². The van der Waals surface area contributed by atoms with Crippen LogP contribution < -0.4 is 10.1 Å². The summed E-state index contributed by atoms with van der Waals surface area (Å²) in [6.07, 6.45) is 3.57. The smallest absolute Gasteiger partial charge is 0.258 e. The van der Waals surface area contributed by atoms with Crippen LogP contribution in [0.4, 0.5) is 4.39 Å². The highest BCUT2D eigenvalue weighted by atomic mass is 35.5. The Morgan fingerprint density at radius 2 is 2.00 bits per heavy atom. The van der Waals surface area contributed by atoms with Crippen LogP contribution in [0.2, 0.25) is 5.02 Å². The molecule has 0 saturated heterocycles. The van der Waals surface area contributed by atoms with Crippen LogP contribution in [0.15, 0.2) is 34.7 Å². The van der Waals surface area contributed by atoms with E-state index < -0.39 is 5.82 Å². The van der Waals surface area contributed by atoms with Gasteiger partial charge in [-0.05, 0) is 48.9 Å². The average Bonchev–Trinajstić information content (AvgIpc) is 3.09. The van der Waals surface area contributed by atoms with Gasteiger partial charge in [0, 0.05) is 24.4 Å². The first-order valence-corrected chi connectivity index (χ1v) is 9.71. The molecule has 3 aliphatic carbocycles. The van der Waals surface area contributed by atoms with Crippen molar-refractivity contribution in [3.8, 4) is 5.75 Å². The van der Waals surface area contributed by atoms with Gasteiger partial charge >= 0.3 is 0 Å². The lowest BCUT2D eigenvalue weighted by Gasteiger charge is -2.70. The fourth-order valence-corrected chi connectivity index (χ4v) is 4.63. The largest absolute Gasteiger partial charge is 0.484 e. The quantitative estimate of drug-likeness (QED) is 0.664. The Hall–Kier alpha value is -2.34. The Bertz CT molecular complexity index is 918. The molecule has 1 heterocycles. The van der Waals surface area contributed by atoms with Crippen molar-refractivity contribution in [2.24, 2.45) is 5.41 Å². The summed E-state index contributed by atoms with van der Waals surface area (Å²) in [6, 6.07) is 7.62. The number of amides is 1. The summed E-state index contributed by atoms with van der Waals surface area (Å²) >= 11 is 5.62. The Kier molecular flexibility index (Phi) is 4.70. The third kappa shape index (κ3) is 3.53. The van der Waals surface area contributed by atoms with Crippen LogP contribution in [0.5, 0.6) is 5.75 Å². The molecule has 2 bridgehead atoms. The molecule has 5 nitrogen and oxygen atoms in total. The molecule has 0 aliphatic heterocycles. The predicted octanol–water partition coefficient (Wildman–Crippen LogP) is 4.33. The van der Waals surface area contributed by atoms with Gasteiger partial charge in [-0.3, -0.25) is 9.59 Å². The van der Waals surface area contributed by atoms with E-state index in [0.717, 1.165) is 37.5 Å². The number of nitrogens with one attached hydrogen (secondary N) is 1. The fraction of sp³-hybridized carbons (Fsp3) is 0.429. The second-order valence-corrected chi connectivity index (χ2v) is 8.35. The first kappa shape index (κ1) is 19.0. The second kappa shape index (κ2) is 6.92. The minimum atomic E-state index is -0.590. The number of ketones is 1. The molecule has 5 rings (SSSR count). The van der Waals surface area contributed by atoms with E-state index in [9.17, 15) is 14.0 Å². The molecule has 3 fully saturated rings.